The van der Waals surface area contributed by atoms with Gasteiger partial charge in [-0.2, -0.15) is 5.10 Å². The van der Waals surface area contributed by atoms with E-state index in [4.69, 9.17) is 0 Å². The molecule has 2 unspecified atom stereocenters. The number of aliphatic hydroxyl groups is 1. The van der Waals surface area contributed by atoms with Crippen molar-refractivity contribution in [1.82, 2.24) is 20.1 Å². The molecule has 2 rings (SSSR count). The van der Waals surface area contributed by atoms with Crippen LogP contribution < -0.4 is 5.32 Å². The lowest BCUT2D eigenvalue weighted by Gasteiger charge is -2.12. The van der Waals surface area contributed by atoms with Crippen molar-refractivity contribution in [2.45, 2.75) is 51.8 Å². The summed E-state index contributed by atoms with van der Waals surface area (Å²) in [4.78, 5) is 4.26. The second kappa shape index (κ2) is 5.60. The Balaban J connectivity index is 1.76. The van der Waals surface area contributed by atoms with Gasteiger partial charge in [0.05, 0.1) is 12.6 Å². The lowest BCUT2D eigenvalue weighted by molar-refractivity contribution is 0.177. The smallest absolute Gasteiger partial charge is 0.141 e. The molecule has 0 radical (unpaired) electrons. The average Bonchev–Trinajstić information content (AvgIpc) is 2.87. The summed E-state index contributed by atoms with van der Waals surface area (Å²) in [5.41, 5.74) is 0. The van der Waals surface area contributed by atoms with Crippen LogP contribution in [0.5, 0.6) is 0 Å². The Labute approximate surface area is 102 Å². The van der Waals surface area contributed by atoms with Gasteiger partial charge in [0, 0.05) is 6.04 Å². The van der Waals surface area contributed by atoms with Gasteiger partial charge in [0.2, 0.25) is 0 Å². The molecule has 2 atom stereocenters. The maximum absolute atomic E-state index is 9.45. The summed E-state index contributed by atoms with van der Waals surface area (Å²) < 4.78 is 1.94. The highest BCUT2D eigenvalue weighted by atomic mass is 16.3. The molecule has 1 heterocycles. The molecule has 5 heteroatoms. The quantitative estimate of drug-likeness (QED) is 0.806. The largest absolute Gasteiger partial charge is 0.393 e. The molecule has 0 bridgehead atoms. The molecular formula is C12H22N4O. The third-order valence-corrected chi connectivity index (χ3v) is 3.37. The maximum Gasteiger partial charge on any atom is 0.141 e. The molecule has 1 aliphatic rings. The van der Waals surface area contributed by atoms with E-state index in [0.29, 0.717) is 12.0 Å². The van der Waals surface area contributed by atoms with Gasteiger partial charge in [0.15, 0.2) is 0 Å². The molecule has 2 N–H and O–H groups in total. The molecule has 0 spiro atoms. The SMILES string of the molecule is CC(C)n1ncnc1CNCC1CCC(O)C1. The predicted molar refractivity (Wildman–Crippen MR) is 65.5 cm³/mol. The summed E-state index contributed by atoms with van der Waals surface area (Å²) in [7, 11) is 0. The fourth-order valence-electron chi connectivity index (χ4n) is 2.45. The van der Waals surface area contributed by atoms with E-state index in [2.05, 4.69) is 29.2 Å². The van der Waals surface area contributed by atoms with Gasteiger partial charge in [0.1, 0.15) is 12.2 Å². The standard InChI is InChI=1S/C12H22N4O/c1-9(2)16-12(14-8-15-16)7-13-6-10-3-4-11(17)5-10/h8-11,13,17H,3-7H2,1-2H3. The van der Waals surface area contributed by atoms with Gasteiger partial charge in [-0.1, -0.05) is 0 Å². The van der Waals surface area contributed by atoms with E-state index in [9.17, 15) is 5.11 Å². The Hall–Kier alpha value is -0.940. The van der Waals surface area contributed by atoms with Gasteiger partial charge in [-0.05, 0) is 45.6 Å². The maximum atomic E-state index is 9.45. The first-order valence-corrected chi connectivity index (χ1v) is 6.44. The van der Waals surface area contributed by atoms with E-state index >= 15 is 0 Å². The fraction of sp³-hybridized carbons (Fsp3) is 0.833. The number of aromatic nitrogens is 3. The minimum Gasteiger partial charge on any atom is -0.393 e. The summed E-state index contributed by atoms with van der Waals surface area (Å²) in [6, 6.07) is 0.350. The van der Waals surface area contributed by atoms with E-state index < -0.39 is 0 Å². The fourth-order valence-corrected chi connectivity index (χ4v) is 2.45. The Kier molecular flexibility index (Phi) is 4.12. The molecule has 1 saturated carbocycles. The molecule has 96 valence electrons. The van der Waals surface area contributed by atoms with Crippen molar-refractivity contribution in [3.63, 3.8) is 0 Å². The molecule has 0 saturated heterocycles. The molecule has 1 aromatic rings. The van der Waals surface area contributed by atoms with Crippen molar-refractivity contribution in [2.75, 3.05) is 6.54 Å². The number of nitrogens with zero attached hydrogens (tertiary/aromatic N) is 3. The Morgan fingerprint density at radius 2 is 2.35 bits per heavy atom. The van der Waals surface area contributed by atoms with Gasteiger partial charge < -0.3 is 10.4 Å². The first-order valence-electron chi connectivity index (χ1n) is 6.44. The van der Waals surface area contributed by atoms with E-state index in [0.717, 1.165) is 38.2 Å². The van der Waals surface area contributed by atoms with Crippen molar-refractivity contribution in [3.8, 4) is 0 Å². The van der Waals surface area contributed by atoms with Gasteiger partial charge in [-0.3, -0.25) is 0 Å². The van der Waals surface area contributed by atoms with E-state index in [-0.39, 0.29) is 6.10 Å². The van der Waals surface area contributed by atoms with E-state index in [1.807, 2.05) is 4.68 Å². The lowest BCUT2D eigenvalue weighted by Crippen LogP contribution is -2.24. The van der Waals surface area contributed by atoms with Crippen LogP contribution >= 0.6 is 0 Å². The number of hydrogen-bond donors (Lipinski definition) is 2. The Bertz CT molecular complexity index is 350. The summed E-state index contributed by atoms with van der Waals surface area (Å²) in [5, 5.41) is 17.1. The van der Waals surface area contributed by atoms with E-state index in [1.165, 1.54) is 0 Å². The van der Waals surface area contributed by atoms with Gasteiger partial charge >= 0.3 is 0 Å². The normalized spacial score (nSPS) is 24.7. The van der Waals surface area contributed by atoms with Crippen LogP contribution in [0.25, 0.3) is 0 Å². The molecule has 0 amide bonds. The van der Waals surface area contributed by atoms with Crippen LogP contribution in [0.4, 0.5) is 0 Å². The van der Waals surface area contributed by atoms with E-state index in [1.54, 1.807) is 6.33 Å². The summed E-state index contributed by atoms with van der Waals surface area (Å²) >= 11 is 0. The number of rotatable bonds is 5. The number of aliphatic hydroxyl groups excluding tert-OH is 1. The zero-order chi connectivity index (χ0) is 12.3. The summed E-state index contributed by atoms with van der Waals surface area (Å²) in [6.07, 6.45) is 4.54. The van der Waals surface area contributed by atoms with Crippen molar-refractivity contribution >= 4 is 0 Å². The van der Waals surface area contributed by atoms with Gasteiger partial charge in [0.25, 0.3) is 0 Å². The highest BCUT2D eigenvalue weighted by Gasteiger charge is 2.22. The highest BCUT2D eigenvalue weighted by molar-refractivity contribution is 4.86. The third-order valence-electron chi connectivity index (χ3n) is 3.37. The van der Waals surface area contributed by atoms with Crippen LogP contribution in [-0.2, 0) is 6.54 Å². The molecule has 1 aromatic heterocycles. The van der Waals surface area contributed by atoms with Crippen LogP contribution in [0.3, 0.4) is 0 Å². The second-order valence-electron chi connectivity index (χ2n) is 5.18. The van der Waals surface area contributed by atoms with Crippen molar-refractivity contribution in [1.29, 1.82) is 0 Å². The molecule has 17 heavy (non-hydrogen) atoms. The van der Waals surface area contributed by atoms with Crippen LogP contribution in [0.1, 0.15) is 45.0 Å². The topological polar surface area (TPSA) is 63.0 Å². The third kappa shape index (κ3) is 3.26. The molecule has 0 aliphatic heterocycles. The zero-order valence-electron chi connectivity index (χ0n) is 10.6. The first kappa shape index (κ1) is 12.5. The van der Waals surface area contributed by atoms with Crippen molar-refractivity contribution < 1.29 is 5.11 Å². The van der Waals surface area contributed by atoms with Crippen LogP contribution in [0, 0.1) is 5.92 Å². The monoisotopic (exact) mass is 238 g/mol. The zero-order valence-corrected chi connectivity index (χ0v) is 10.6. The van der Waals surface area contributed by atoms with Gasteiger partial charge in [-0.25, -0.2) is 9.67 Å². The molecule has 1 fully saturated rings. The minimum absolute atomic E-state index is 0.0823. The second-order valence-corrected chi connectivity index (χ2v) is 5.18. The molecular weight excluding hydrogens is 216 g/mol. The predicted octanol–water partition coefficient (Wildman–Crippen LogP) is 1.11. The average molecular weight is 238 g/mol. The Morgan fingerprint density at radius 1 is 1.53 bits per heavy atom. The number of nitrogens with one attached hydrogen (secondary N) is 1. The van der Waals surface area contributed by atoms with Crippen molar-refractivity contribution in [3.05, 3.63) is 12.2 Å². The summed E-state index contributed by atoms with van der Waals surface area (Å²) in [6.45, 7) is 5.92. The molecule has 5 nitrogen and oxygen atoms in total. The van der Waals surface area contributed by atoms with Crippen LogP contribution in [-0.4, -0.2) is 32.5 Å². The first-order chi connectivity index (χ1) is 8.16. The molecule has 0 aromatic carbocycles. The van der Waals surface area contributed by atoms with Crippen molar-refractivity contribution in [2.24, 2.45) is 5.92 Å². The number of hydrogen-bond acceptors (Lipinski definition) is 4. The lowest BCUT2D eigenvalue weighted by atomic mass is 10.1. The summed E-state index contributed by atoms with van der Waals surface area (Å²) in [5.74, 6) is 1.60. The molecule has 1 aliphatic carbocycles. The highest BCUT2D eigenvalue weighted by Crippen LogP contribution is 2.24. The van der Waals surface area contributed by atoms with Crippen LogP contribution in [0.2, 0.25) is 0 Å². The van der Waals surface area contributed by atoms with Gasteiger partial charge in [-0.15, -0.1) is 0 Å². The van der Waals surface area contributed by atoms with Crippen LogP contribution in [0.15, 0.2) is 6.33 Å². The minimum atomic E-state index is -0.0823. The Morgan fingerprint density at radius 3 is 3.00 bits per heavy atom.